The van der Waals surface area contributed by atoms with Crippen molar-refractivity contribution >= 4 is 23.0 Å². The maximum absolute atomic E-state index is 5.54. The summed E-state index contributed by atoms with van der Waals surface area (Å²) >= 11 is 4.72. The number of hydrogen-bond donors (Lipinski definition) is 2. The number of nitrogens with one attached hydrogen (secondary N) is 1. The average molecular weight is 245 g/mol. The van der Waals surface area contributed by atoms with E-state index in [2.05, 4.69) is 10.3 Å². The minimum atomic E-state index is 0.212. The molecule has 0 saturated carbocycles. The normalized spacial score (nSPS) is 9.65. The van der Waals surface area contributed by atoms with Crippen LogP contribution in [0.1, 0.15) is 0 Å². The summed E-state index contributed by atoms with van der Waals surface area (Å²) in [6, 6.07) is 13.0. The predicted molar refractivity (Wildman–Crippen MR) is 71.2 cm³/mol. The maximum Gasteiger partial charge on any atom is 0.219 e. The van der Waals surface area contributed by atoms with Gasteiger partial charge >= 0.3 is 0 Å². The van der Waals surface area contributed by atoms with Crippen LogP contribution in [0, 0.1) is 0 Å². The van der Waals surface area contributed by atoms with Crippen molar-refractivity contribution in [2.75, 3.05) is 5.32 Å². The summed E-state index contributed by atoms with van der Waals surface area (Å²) in [7, 11) is 0. The Morgan fingerprint density at radius 3 is 2.53 bits per heavy atom. The highest BCUT2D eigenvalue weighted by atomic mass is 32.1. The van der Waals surface area contributed by atoms with E-state index in [4.69, 9.17) is 22.7 Å². The van der Waals surface area contributed by atoms with Crippen LogP contribution in [0.4, 0.5) is 5.69 Å². The van der Waals surface area contributed by atoms with Crippen LogP contribution in [0.15, 0.2) is 48.7 Å². The van der Waals surface area contributed by atoms with Crippen LogP contribution >= 0.6 is 12.2 Å². The lowest BCUT2D eigenvalue weighted by Crippen LogP contribution is -2.18. The SMILES string of the molecule is NC(=S)Nc1ccc(Oc2ccccc2)nc1. The Bertz CT molecular complexity index is 499. The van der Waals surface area contributed by atoms with E-state index in [9.17, 15) is 0 Å². The van der Waals surface area contributed by atoms with Gasteiger partial charge in [0.25, 0.3) is 0 Å². The van der Waals surface area contributed by atoms with Gasteiger partial charge in [0, 0.05) is 6.07 Å². The van der Waals surface area contributed by atoms with Crippen LogP contribution < -0.4 is 15.8 Å². The molecule has 2 rings (SSSR count). The summed E-state index contributed by atoms with van der Waals surface area (Å²) in [5.41, 5.74) is 6.08. The third-order valence-electron chi connectivity index (χ3n) is 1.97. The molecule has 0 bridgehead atoms. The molecule has 5 heteroatoms. The quantitative estimate of drug-likeness (QED) is 0.814. The first kappa shape index (κ1) is 11.3. The number of aromatic nitrogens is 1. The van der Waals surface area contributed by atoms with Gasteiger partial charge in [0.05, 0.1) is 11.9 Å². The van der Waals surface area contributed by atoms with Gasteiger partial charge in [-0.3, -0.25) is 0 Å². The van der Waals surface area contributed by atoms with Crippen LogP contribution in [0.3, 0.4) is 0 Å². The molecule has 0 atom stereocenters. The van der Waals surface area contributed by atoms with Crippen LogP contribution in [-0.4, -0.2) is 10.1 Å². The van der Waals surface area contributed by atoms with Crippen molar-refractivity contribution in [2.45, 2.75) is 0 Å². The average Bonchev–Trinajstić information content (AvgIpc) is 2.32. The molecular weight excluding hydrogens is 234 g/mol. The molecule has 17 heavy (non-hydrogen) atoms. The van der Waals surface area contributed by atoms with Crippen LogP contribution in [0.5, 0.6) is 11.6 Å². The Morgan fingerprint density at radius 2 is 1.94 bits per heavy atom. The van der Waals surface area contributed by atoms with Gasteiger partial charge in [0.15, 0.2) is 5.11 Å². The van der Waals surface area contributed by atoms with Gasteiger partial charge in [-0.25, -0.2) is 4.98 Å². The largest absolute Gasteiger partial charge is 0.439 e. The van der Waals surface area contributed by atoms with Gasteiger partial charge in [-0.2, -0.15) is 0 Å². The zero-order valence-electron chi connectivity index (χ0n) is 8.96. The molecular formula is C12H11N3OS. The molecule has 0 aliphatic heterocycles. The number of para-hydroxylation sites is 1. The van der Waals surface area contributed by atoms with E-state index in [1.54, 1.807) is 18.3 Å². The lowest BCUT2D eigenvalue weighted by Gasteiger charge is -2.06. The first-order chi connectivity index (χ1) is 8.24. The predicted octanol–water partition coefficient (Wildman–Crippen LogP) is 2.53. The molecule has 1 heterocycles. The van der Waals surface area contributed by atoms with Crippen LogP contribution in [0.2, 0.25) is 0 Å². The Labute approximate surface area is 104 Å². The number of benzene rings is 1. The summed E-state index contributed by atoms with van der Waals surface area (Å²) in [5, 5.41) is 3.00. The summed E-state index contributed by atoms with van der Waals surface area (Å²) in [5.74, 6) is 1.26. The second-order valence-corrected chi connectivity index (χ2v) is 3.73. The van der Waals surface area contributed by atoms with E-state index in [-0.39, 0.29) is 5.11 Å². The number of ether oxygens (including phenoxy) is 1. The second-order valence-electron chi connectivity index (χ2n) is 3.29. The number of pyridine rings is 1. The summed E-state index contributed by atoms with van der Waals surface area (Å²) in [4.78, 5) is 4.13. The first-order valence-corrected chi connectivity index (χ1v) is 5.40. The van der Waals surface area contributed by atoms with Crippen molar-refractivity contribution < 1.29 is 4.74 Å². The fourth-order valence-corrected chi connectivity index (χ4v) is 1.38. The highest BCUT2D eigenvalue weighted by molar-refractivity contribution is 7.80. The maximum atomic E-state index is 5.54. The topological polar surface area (TPSA) is 60.2 Å². The van der Waals surface area contributed by atoms with E-state index in [0.29, 0.717) is 5.88 Å². The molecule has 0 amide bonds. The van der Waals surface area contributed by atoms with Crippen molar-refractivity contribution in [2.24, 2.45) is 5.73 Å². The van der Waals surface area contributed by atoms with Gasteiger partial charge in [-0.05, 0) is 30.4 Å². The van der Waals surface area contributed by atoms with Gasteiger partial charge in [-0.15, -0.1) is 0 Å². The Morgan fingerprint density at radius 1 is 1.18 bits per heavy atom. The van der Waals surface area contributed by atoms with Crippen molar-refractivity contribution in [3.8, 4) is 11.6 Å². The zero-order chi connectivity index (χ0) is 12.1. The molecule has 2 aromatic rings. The van der Waals surface area contributed by atoms with Crippen molar-refractivity contribution in [1.82, 2.24) is 4.98 Å². The van der Waals surface area contributed by atoms with E-state index < -0.39 is 0 Å². The summed E-state index contributed by atoms with van der Waals surface area (Å²) < 4.78 is 5.54. The van der Waals surface area contributed by atoms with Crippen LogP contribution in [0.25, 0.3) is 0 Å². The molecule has 0 radical (unpaired) electrons. The monoisotopic (exact) mass is 245 g/mol. The molecule has 0 saturated heterocycles. The molecule has 1 aromatic heterocycles. The third-order valence-corrected chi connectivity index (χ3v) is 2.07. The number of nitrogens with zero attached hydrogens (tertiary/aromatic N) is 1. The number of rotatable bonds is 3. The molecule has 3 N–H and O–H groups in total. The minimum absolute atomic E-state index is 0.212. The minimum Gasteiger partial charge on any atom is -0.439 e. The van der Waals surface area contributed by atoms with Crippen molar-refractivity contribution in [3.05, 3.63) is 48.7 Å². The van der Waals surface area contributed by atoms with E-state index in [1.807, 2.05) is 30.3 Å². The van der Waals surface area contributed by atoms with E-state index in [1.165, 1.54) is 0 Å². The molecule has 0 aliphatic rings. The molecule has 0 spiro atoms. The second kappa shape index (κ2) is 5.27. The van der Waals surface area contributed by atoms with Crippen molar-refractivity contribution in [3.63, 3.8) is 0 Å². The molecule has 1 aromatic carbocycles. The molecule has 4 nitrogen and oxygen atoms in total. The van der Waals surface area contributed by atoms with Crippen LogP contribution in [-0.2, 0) is 0 Å². The number of nitrogens with two attached hydrogens (primary N) is 1. The first-order valence-electron chi connectivity index (χ1n) is 4.99. The number of hydrogen-bond acceptors (Lipinski definition) is 3. The van der Waals surface area contributed by atoms with Gasteiger partial charge in [0.1, 0.15) is 5.75 Å². The smallest absolute Gasteiger partial charge is 0.219 e. The lowest BCUT2D eigenvalue weighted by atomic mass is 10.3. The summed E-state index contributed by atoms with van der Waals surface area (Å²) in [6.45, 7) is 0. The fraction of sp³-hybridized carbons (Fsp3) is 0. The third kappa shape index (κ3) is 3.42. The lowest BCUT2D eigenvalue weighted by molar-refractivity contribution is 0.463. The van der Waals surface area contributed by atoms with E-state index >= 15 is 0 Å². The highest BCUT2D eigenvalue weighted by Crippen LogP contribution is 2.19. The van der Waals surface area contributed by atoms with Gasteiger partial charge in [0.2, 0.25) is 5.88 Å². The zero-order valence-corrected chi connectivity index (χ0v) is 9.78. The van der Waals surface area contributed by atoms with Crippen molar-refractivity contribution in [1.29, 1.82) is 0 Å². The standard InChI is InChI=1S/C12H11N3OS/c13-12(17)15-9-6-7-11(14-8-9)16-10-4-2-1-3-5-10/h1-8H,(H3,13,15,17). The molecule has 86 valence electrons. The Kier molecular flexibility index (Phi) is 3.52. The highest BCUT2D eigenvalue weighted by Gasteiger charge is 1.98. The number of thiocarbonyl (C=S) groups is 1. The Balaban J connectivity index is 2.06. The molecule has 0 unspecified atom stereocenters. The van der Waals surface area contributed by atoms with Gasteiger partial charge < -0.3 is 15.8 Å². The molecule has 0 fully saturated rings. The van der Waals surface area contributed by atoms with E-state index in [0.717, 1.165) is 11.4 Å². The number of anilines is 1. The molecule has 0 aliphatic carbocycles. The summed E-state index contributed by atoms with van der Waals surface area (Å²) in [6.07, 6.45) is 1.61. The fourth-order valence-electron chi connectivity index (χ4n) is 1.27. The Hall–Kier alpha value is -2.14. The van der Waals surface area contributed by atoms with Gasteiger partial charge in [-0.1, -0.05) is 18.2 Å².